The van der Waals surface area contributed by atoms with E-state index in [4.69, 9.17) is 0 Å². The standard InChI is InChI=1S/C30H38F2N8/c1-7-25(39-12-10-22(11-13-39)38(5)6)20-8-9-27(33-16-20)36-30-34-17-24(32)28(37-30)21-14-23(31)29-26(15-21)40(18(2)3)19(4)35-29/h8-9,14-18,22,25H,7,10-13H2,1-6H3,(H,33,34,36,37)/t25-/m0/s1. The topological polar surface area (TPSA) is 75.0 Å². The molecule has 10 heteroatoms. The first-order chi connectivity index (χ1) is 19.2. The van der Waals surface area contributed by atoms with Crippen molar-refractivity contribution < 1.29 is 8.78 Å². The first-order valence-electron chi connectivity index (χ1n) is 14.0. The Morgan fingerprint density at radius 2 is 1.77 bits per heavy atom. The first-order valence-corrected chi connectivity index (χ1v) is 14.0. The van der Waals surface area contributed by atoms with E-state index in [2.05, 4.69) is 62.1 Å². The van der Waals surface area contributed by atoms with Crippen molar-refractivity contribution in [2.75, 3.05) is 32.5 Å². The number of pyridine rings is 1. The smallest absolute Gasteiger partial charge is 0.229 e. The second-order valence-corrected chi connectivity index (χ2v) is 11.1. The summed E-state index contributed by atoms with van der Waals surface area (Å²) >= 11 is 0. The van der Waals surface area contributed by atoms with Crippen LogP contribution in [0.2, 0.25) is 0 Å². The average molecular weight is 549 g/mol. The van der Waals surface area contributed by atoms with Gasteiger partial charge >= 0.3 is 0 Å². The molecule has 1 N–H and O–H groups in total. The number of anilines is 2. The molecule has 40 heavy (non-hydrogen) atoms. The Morgan fingerprint density at radius 1 is 1.02 bits per heavy atom. The van der Waals surface area contributed by atoms with E-state index in [1.54, 1.807) is 6.07 Å². The number of piperidine rings is 1. The maximum atomic E-state index is 15.0. The van der Waals surface area contributed by atoms with Gasteiger partial charge in [-0.3, -0.25) is 4.90 Å². The van der Waals surface area contributed by atoms with Crippen LogP contribution in [0, 0.1) is 18.6 Å². The first kappa shape index (κ1) is 28.0. The molecule has 0 radical (unpaired) electrons. The van der Waals surface area contributed by atoms with Crippen molar-refractivity contribution in [1.82, 2.24) is 34.3 Å². The number of rotatable bonds is 8. The molecule has 4 heterocycles. The molecule has 1 aliphatic heterocycles. The lowest BCUT2D eigenvalue weighted by atomic mass is 9.98. The summed E-state index contributed by atoms with van der Waals surface area (Å²) in [5.74, 6) is 0.283. The number of halogens is 2. The van der Waals surface area contributed by atoms with Gasteiger partial charge in [0.25, 0.3) is 0 Å². The molecule has 1 aromatic carbocycles. The fraction of sp³-hybridized carbons (Fsp3) is 0.467. The zero-order valence-corrected chi connectivity index (χ0v) is 24.1. The largest absolute Gasteiger partial charge is 0.326 e. The van der Waals surface area contributed by atoms with Gasteiger partial charge in [0.05, 0.1) is 11.7 Å². The Labute approximate surface area is 234 Å². The predicted molar refractivity (Wildman–Crippen MR) is 155 cm³/mol. The van der Waals surface area contributed by atoms with E-state index in [9.17, 15) is 4.39 Å². The van der Waals surface area contributed by atoms with Crippen molar-refractivity contribution >= 4 is 22.8 Å². The highest BCUT2D eigenvalue weighted by Gasteiger charge is 2.26. The van der Waals surface area contributed by atoms with Gasteiger partial charge in [0, 0.05) is 43.0 Å². The fourth-order valence-electron chi connectivity index (χ4n) is 5.90. The third kappa shape index (κ3) is 5.55. The molecule has 0 aliphatic carbocycles. The molecule has 1 saturated heterocycles. The third-order valence-electron chi connectivity index (χ3n) is 7.93. The van der Waals surface area contributed by atoms with E-state index in [0.29, 0.717) is 34.8 Å². The summed E-state index contributed by atoms with van der Waals surface area (Å²) < 4.78 is 31.8. The van der Waals surface area contributed by atoms with Crippen LogP contribution in [0.1, 0.15) is 63.5 Å². The molecular weight excluding hydrogens is 510 g/mol. The minimum atomic E-state index is -0.635. The number of likely N-dealkylation sites (tertiary alicyclic amines) is 1. The summed E-state index contributed by atoms with van der Waals surface area (Å²) in [5, 5.41) is 3.08. The van der Waals surface area contributed by atoms with Crippen LogP contribution in [0.3, 0.4) is 0 Å². The molecule has 4 aromatic rings. The minimum Gasteiger partial charge on any atom is -0.326 e. The van der Waals surface area contributed by atoms with Crippen LogP contribution in [0.5, 0.6) is 0 Å². The van der Waals surface area contributed by atoms with Crippen LogP contribution in [0.4, 0.5) is 20.5 Å². The number of benzene rings is 1. The van der Waals surface area contributed by atoms with Gasteiger partial charge in [-0.2, -0.15) is 0 Å². The maximum Gasteiger partial charge on any atom is 0.229 e. The molecule has 212 valence electrons. The van der Waals surface area contributed by atoms with Crippen molar-refractivity contribution in [3.05, 3.63) is 59.7 Å². The molecule has 0 saturated carbocycles. The average Bonchev–Trinajstić information content (AvgIpc) is 3.28. The van der Waals surface area contributed by atoms with Gasteiger partial charge in [-0.15, -0.1) is 0 Å². The molecule has 8 nitrogen and oxygen atoms in total. The quantitative estimate of drug-likeness (QED) is 0.278. The number of hydrogen-bond donors (Lipinski definition) is 1. The number of fused-ring (bicyclic) bond motifs is 1. The normalized spacial score (nSPS) is 15.8. The van der Waals surface area contributed by atoms with Crippen molar-refractivity contribution in [3.63, 3.8) is 0 Å². The van der Waals surface area contributed by atoms with Crippen LogP contribution < -0.4 is 5.32 Å². The molecular formula is C30H38F2N8. The SMILES string of the molecule is CC[C@@H](c1ccc(Nc2ncc(F)c(-c3cc(F)c4nc(C)n(C(C)C)c4c3)n2)nc1)N1CCC(N(C)C)CC1. The van der Waals surface area contributed by atoms with E-state index in [0.717, 1.165) is 44.1 Å². The van der Waals surface area contributed by atoms with Gasteiger partial charge in [-0.1, -0.05) is 13.0 Å². The van der Waals surface area contributed by atoms with Crippen molar-refractivity contribution in [1.29, 1.82) is 0 Å². The zero-order chi connectivity index (χ0) is 28.6. The number of imidazole rings is 1. The highest BCUT2D eigenvalue weighted by Crippen LogP contribution is 2.31. The van der Waals surface area contributed by atoms with Crippen molar-refractivity contribution in [3.8, 4) is 11.3 Å². The summed E-state index contributed by atoms with van der Waals surface area (Å²) in [6.45, 7) is 10.2. The molecule has 0 unspecified atom stereocenters. The minimum absolute atomic E-state index is 0.0104. The van der Waals surface area contributed by atoms with E-state index < -0.39 is 11.6 Å². The second-order valence-electron chi connectivity index (χ2n) is 11.1. The number of nitrogens with zero attached hydrogens (tertiary/aromatic N) is 7. The van der Waals surface area contributed by atoms with E-state index in [1.165, 1.54) is 6.07 Å². The van der Waals surface area contributed by atoms with Crippen LogP contribution in [-0.2, 0) is 0 Å². The highest BCUT2D eigenvalue weighted by molar-refractivity contribution is 5.83. The lowest BCUT2D eigenvalue weighted by Gasteiger charge is -2.39. The van der Waals surface area contributed by atoms with Crippen molar-refractivity contribution in [2.24, 2.45) is 0 Å². The number of aryl methyl sites for hydroxylation is 1. The Balaban J connectivity index is 1.36. The summed E-state index contributed by atoms with van der Waals surface area (Å²) in [5.41, 5.74) is 2.36. The predicted octanol–water partition coefficient (Wildman–Crippen LogP) is 6.28. The molecule has 0 amide bonds. The number of aromatic nitrogens is 5. The molecule has 0 spiro atoms. The van der Waals surface area contributed by atoms with Crippen LogP contribution in [-0.4, -0.2) is 67.5 Å². The van der Waals surface area contributed by atoms with Gasteiger partial charge in [0.2, 0.25) is 5.95 Å². The molecule has 1 aliphatic rings. The van der Waals surface area contributed by atoms with Crippen LogP contribution in [0.25, 0.3) is 22.3 Å². The Hall–Kier alpha value is -3.50. The fourth-order valence-corrected chi connectivity index (χ4v) is 5.90. The molecule has 1 atom stereocenters. The summed E-state index contributed by atoms with van der Waals surface area (Å²) in [6, 6.07) is 7.99. The van der Waals surface area contributed by atoms with Gasteiger partial charge < -0.3 is 14.8 Å². The monoisotopic (exact) mass is 548 g/mol. The Morgan fingerprint density at radius 3 is 2.40 bits per heavy atom. The van der Waals surface area contributed by atoms with E-state index >= 15 is 4.39 Å². The van der Waals surface area contributed by atoms with Crippen molar-refractivity contribution in [2.45, 2.75) is 65.1 Å². The number of nitrogens with one attached hydrogen (secondary N) is 1. The molecule has 3 aromatic heterocycles. The van der Waals surface area contributed by atoms with Crippen LogP contribution in [0.15, 0.2) is 36.7 Å². The third-order valence-corrected chi connectivity index (χ3v) is 7.93. The molecule has 1 fully saturated rings. The lowest BCUT2D eigenvalue weighted by molar-refractivity contribution is 0.106. The Kier molecular flexibility index (Phi) is 8.09. The van der Waals surface area contributed by atoms with E-state index in [1.807, 2.05) is 37.6 Å². The summed E-state index contributed by atoms with van der Waals surface area (Å²) in [4.78, 5) is 22.3. The van der Waals surface area contributed by atoms with E-state index in [-0.39, 0.29) is 23.2 Å². The van der Waals surface area contributed by atoms with Gasteiger partial charge in [0.15, 0.2) is 11.6 Å². The van der Waals surface area contributed by atoms with Gasteiger partial charge in [-0.05, 0) is 77.9 Å². The summed E-state index contributed by atoms with van der Waals surface area (Å²) in [6.07, 6.45) is 6.31. The molecule has 0 bridgehead atoms. The highest BCUT2D eigenvalue weighted by atomic mass is 19.1. The Bertz CT molecular complexity index is 1470. The zero-order valence-electron chi connectivity index (χ0n) is 24.1. The summed E-state index contributed by atoms with van der Waals surface area (Å²) in [7, 11) is 4.31. The van der Waals surface area contributed by atoms with Gasteiger partial charge in [0.1, 0.15) is 22.9 Å². The second kappa shape index (κ2) is 11.5. The number of hydrogen-bond acceptors (Lipinski definition) is 7. The van der Waals surface area contributed by atoms with Crippen LogP contribution >= 0.6 is 0 Å². The van der Waals surface area contributed by atoms with Gasteiger partial charge in [-0.25, -0.2) is 28.7 Å². The molecule has 5 rings (SSSR count). The maximum absolute atomic E-state index is 15.0. The lowest BCUT2D eigenvalue weighted by Crippen LogP contribution is -2.43.